The average Bonchev–Trinajstić information content (AvgIpc) is 2.81. The topological polar surface area (TPSA) is 45.2 Å². The predicted molar refractivity (Wildman–Crippen MR) is 86.5 cm³/mol. The molecule has 116 valence electrons. The van der Waals surface area contributed by atoms with Gasteiger partial charge in [0.05, 0.1) is 0 Å². The number of pyridine rings is 1. The third kappa shape index (κ3) is 3.55. The fraction of sp³-hybridized carbons (Fsp3) is 0.647. The van der Waals surface area contributed by atoms with Gasteiger partial charge < -0.3 is 10.2 Å². The minimum atomic E-state index is 0.0106. The van der Waals surface area contributed by atoms with E-state index in [4.69, 9.17) is 0 Å². The molecule has 1 fully saturated rings. The molecule has 0 saturated heterocycles. The summed E-state index contributed by atoms with van der Waals surface area (Å²) < 4.78 is 0. The van der Waals surface area contributed by atoms with Gasteiger partial charge in [-0.3, -0.25) is 9.78 Å². The Labute approximate surface area is 127 Å². The molecule has 3 atom stereocenters. The van der Waals surface area contributed by atoms with E-state index in [0.717, 1.165) is 11.6 Å². The van der Waals surface area contributed by atoms with Gasteiger partial charge in [0.2, 0.25) is 0 Å². The van der Waals surface area contributed by atoms with Crippen LogP contribution in [0.1, 0.15) is 51.0 Å². The number of nitrogens with one attached hydrogen (secondary N) is 1. The minimum absolute atomic E-state index is 0.0106. The average molecular weight is 289 g/mol. The van der Waals surface area contributed by atoms with Gasteiger partial charge in [0.1, 0.15) is 5.69 Å². The molecule has 2 rings (SSSR count). The Morgan fingerprint density at radius 1 is 1.33 bits per heavy atom. The second-order valence-corrected chi connectivity index (χ2v) is 6.07. The molecule has 0 radical (unpaired) electrons. The normalized spacial score (nSPS) is 24.9. The largest absolute Gasteiger partial charge is 0.382 e. The van der Waals surface area contributed by atoms with Crippen LogP contribution in [0.25, 0.3) is 0 Å². The number of nitrogens with zero attached hydrogens (tertiary/aromatic N) is 2. The Bertz CT molecular complexity index is 485. The molecule has 4 nitrogen and oxygen atoms in total. The summed E-state index contributed by atoms with van der Waals surface area (Å²) in [6.45, 7) is 10.0. The van der Waals surface area contributed by atoms with Crippen molar-refractivity contribution in [1.82, 2.24) is 9.88 Å². The molecule has 1 N–H and O–H groups in total. The van der Waals surface area contributed by atoms with Crippen LogP contribution in [0.3, 0.4) is 0 Å². The quantitative estimate of drug-likeness (QED) is 0.903. The maximum absolute atomic E-state index is 12.3. The fourth-order valence-electron chi connectivity index (χ4n) is 3.09. The van der Waals surface area contributed by atoms with Crippen molar-refractivity contribution in [2.75, 3.05) is 18.4 Å². The highest BCUT2D eigenvalue weighted by Crippen LogP contribution is 2.33. The van der Waals surface area contributed by atoms with Gasteiger partial charge in [-0.05, 0) is 50.7 Å². The van der Waals surface area contributed by atoms with Gasteiger partial charge in [-0.25, -0.2) is 0 Å². The SMILES string of the molecule is CCN(CC)C(=O)c1cc(NC2CCC(C)C2C)ccn1. The van der Waals surface area contributed by atoms with E-state index in [2.05, 4.69) is 24.1 Å². The Hall–Kier alpha value is -1.58. The van der Waals surface area contributed by atoms with Gasteiger partial charge in [0, 0.05) is 31.0 Å². The highest BCUT2D eigenvalue weighted by Gasteiger charge is 2.29. The molecule has 1 aromatic heterocycles. The Kier molecular flexibility index (Phi) is 5.21. The summed E-state index contributed by atoms with van der Waals surface area (Å²) >= 11 is 0. The Balaban J connectivity index is 2.09. The molecule has 1 aromatic rings. The minimum Gasteiger partial charge on any atom is -0.382 e. The number of rotatable bonds is 5. The molecular formula is C17H27N3O. The number of hydrogen-bond donors (Lipinski definition) is 1. The van der Waals surface area contributed by atoms with Gasteiger partial charge in [-0.15, -0.1) is 0 Å². The van der Waals surface area contributed by atoms with Crippen LogP contribution in [0.15, 0.2) is 18.3 Å². The molecule has 4 heteroatoms. The smallest absolute Gasteiger partial charge is 0.272 e. The second kappa shape index (κ2) is 6.92. The van der Waals surface area contributed by atoms with Crippen LogP contribution in [0.4, 0.5) is 5.69 Å². The van der Waals surface area contributed by atoms with Crippen LogP contribution in [0.2, 0.25) is 0 Å². The first-order valence-electron chi connectivity index (χ1n) is 8.08. The fourth-order valence-corrected chi connectivity index (χ4v) is 3.09. The third-order valence-electron chi connectivity index (χ3n) is 4.85. The summed E-state index contributed by atoms with van der Waals surface area (Å²) in [5, 5.41) is 3.58. The van der Waals surface area contributed by atoms with Crippen molar-refractivity contribution in [2.24, 2.45) is 11.8 Å². The van der Waals surface area contributed by atoms with E-state index in [1.807, 2.05) is 26.0 Å². The summed E-state index contributed by atoms with van der Waals surface area (Å²) in [7, 11) is 0. The number of anilines is 1. The van der Waals surface area contributed by atoms with Crippen molar-refractivity contribution in [2.45, 2.75) is 46.6 Å². The van der Waals surface area contributed by atoms with Crippen molar-refractivity contribution in [3.05, 3.63) is 24.0 Å². The van der Waals surface area contributed by atoms with Crippen molar-refractivity contribution in [1.29, 1.82) is 0 Å². The van der Waals surface area contributed by atoms with Gasteiger partial charge >= 0.3 is 0 Å². The monoisotopic (exact) mass is 289 g/mol. The molecule has 1 amide bonds. The van der Waals surface area contributed by atoms with Crippen LogP contribution < -0.4 is 5.32 Å². The summed E-state index contributed by atoms with van der Waals surface area (Å²) in [6.07, 6.45) is 4.20. The Morgan fingerprint density at radius 2 is 2.05 bits per heavy atom. The van der Waals surface area contributed by atoms with Crippen molar-refractivity contribution in [3.63, 3.8) is 0 Å². The second-order valence-electron chi connectivity index (χ2n) is 6.07. The van der Waals surface area contributed by atoms with E-state index < -0.39 is 0 Å². The molecule has 1 aliphatic carbocycles. The molecule has 0 aliphatic heterocycles. The number of carbonyl (C=O) groups is 1. The van der Waals surface area contributed by atoms with Crippen molar-refractivity contribution < 1.29 is 4.79 Å². The number of aromatic nitrogens is 1. The van der Waals surface area contributed by atoms with Crippen LogP contribution in [0, 0.1) is 11.8 Å². The summed E-state index contributed by atoms with van der Waals surface area (Å²) in [4.78, 5) is 18.4. The number of hydrogen-bond acceptors (Lipinski definition) is 3. The zero-order valence-corrected chi connectivity index (χ0v) is 13.6. The molecular weight excluding hydrogens is 262 g/mol. The maximum atomic E-state index is 12.3. The lowest BCUT2D eigenvalue weighted by Gasteiger charge is -2.22. The maximum Gasteiger partial charge on any atom is 0.272 e. The van der Waals surface area contributed by atoms with E-state index >= 15 is 0 Å². The van der Waals surface area contributed by atoms with Crippen molar-refractivity contribution >= 4 is 11.6 Å². The van der Waals surface area contributed by atoms with E-state index in [1.165, 1.54) is 12.8 Å². The van der Waals surface area contributed by atoms with Crippen LogP contribution in [0.5, 0.6) is 0 Å². The van der Waals surface area contributed by atoms with Crippen LogP contribution in [-0.4, -0.2) is 34.9 Å². The lowest BCUT2D eigenvalue weighted by Crippen LogP contribution is -2.31. The predicted octanol–water partition coefficient (Wildman–Crippen LogP) is 3.41. The highest BCUT2D eigenvalue weighted by molar-refractivity contribution is 5.93. The lowest BCUT2D eigenvalue weighted by molar-refractivity contribution is 0.0767. The van der Waals surface area contributed by atoms with Crippen LogP contribution >= 0.6 is 0 Å². The molecule has 1 aliphatic rings. The summed E-state index contributed by atoms with van der Waals surface area (Å²) in [6, 6.07) is 4.34. The van der Waals surface area contributed by atoms with E-state index in [-0.39, 0.29) is 5.91 Å². The molecule has 3 unspecified atom stereocenters. The first-order valence-corrected chi connectivity index (χ1v) is 8.08. The van der Waals surface area contributed by atoms with Gasteiger partial charge in [0.25, 0.3) is 5.91 Å². The van der Waals surface area contributed by atoms with E-state index in [1.54, 1.807) is 11.1 Å². The zero-order chi connectivity index (χ0) is 15.4. The first-order chi connectivity index (χ1) is 10.1. The van der Waals surface area contributed by atoms with Gasteiger partial charge in [-0.1, -0.05) is 13.8 Å². The van der Waals surface area contributed by atoms with Crippen molar-refractivity contribution in [3.8, 4) is 0 Å². The number of carbonyl (C=O) groups excluding carboxylic acids is 1. The van der Waals surface area contributed by atoms with Gasteiger partial charge in [0.15, 0.2) is 0 Å². The van der Waals surface area contributed by atoms with Gasteiger partial charge in [-0.2, -0.15) is 0 Å². The first kappa shape index (κ1) is 15.8. The summed E-state index contributed by atoms with van der Waals surface area (Å²) in [5.74, 6) is 1.44. The molecule has 1 heterocycles. The highest BCUT2D eigenvalue weighted by atomic mass is 16.2. The third-order valence-corrected chi connectivity index (χ3v) is 4.85. The molecule has 0 bridgehead atoms. The molecule has 0 spiro atoms. The van der Waals surface area contributed by atoms with E-state index in [9.17, 15) is 4.79 Å². The molecule has 0 aromatic carbocycles. The standard InChI is InChI=1S/C17H27N3O/c1-5-20(6-2)17(21)16-11-14(9-10-18-16)19-15-8-7-12(3)13(15)4/h9-13,15H,5-8H2,1-4H3,(H,18,19). The molecule has 1 saturated carbocycles. The molecule has 21 heavy (non-hydrogen) atoms. The summed E-state index contributed by atoms with van der Waals surface area (Å²) in [5.41, 5.74) is 1.54. The van der Waals surface area contributed by atoms with E-state index in [0.29, 0.717) is 30.7 Å². The Morgan fingerprint density at radius 3 is 2.62 bits per heavy atom. The van der Waals surface area contributed by atoms with Crippen LogP contribution in [-0.2, 0) is 0 Å². The zero-order valence-electron chi connectivity index (χ0n) is 13.6. The number of amides is 1. The lowest BCUT2D eigenvalue weighted by atomic mass is 9.97.